The van der Waals surface area contributed by atoms with Crippen molar-refractivity contribution in [3.05, 3.63) is 235 Å². The van der Waals surface area contributed by atoms with Crippen LogP contribution in [0.4, 0.5) is 0 Å². The number of fused-ring (bicyclic) bond motifs is 9. The van der Waals surface area contributed by atoms with Gasteiger partial charge in [0, 0.05) is 49.1 Å². The molecule has 13 aromatic rings. The fraction of sp³-hybridized carbons (Fsp3) is 0.0476. The van der Waals surface area contributed by atoms with Gasteiger partial charge in [-0.25, -0.2) is 0 Å². The van der Waals surface area contributed by atoms with E-state index in [9.17, 15) is 0 Å². The zero-order valence-electron chi connectivity index (χ0n) is 37.0. The maximum absolute atomic E-state index is 6.53. The Hall–Kier alpha value is -8.40. The molecule has 3 heteroatoms. The molecule has 0 unspecified atom stereocenters. The van der Waals surface area contributed by atoms with E-state index in [1.165, 1.54) is 49.7 Å². The van der Waals surface area contributed by atoms with E-state index in [-0.39, 0.29) is 0 Å². The standard InChI is InChI=1S/C56H37NO2.C7H8/c1-34-11-3-4-12-41(34)48-31-37(22-21-35(48)2)38-25-29-51-49(32-38)50-33-39(43-16-10-18-47-45-14-6-8-20-54(45)59-56(43)47)26-30-52(50)57(51)40-27-23-36(24-28-40)42-15-9-17-46-44-13-5-7-19-53(44)58-55(42)46;1-7-5-3-2-4-6-7/h3-33H,1-2H3;2-6H,1H3. The molecule has 314 valence electrons. The first-order valence-electron chi connectivity index (χ1n) is 22.7. The van der Waals surface area contributed by atoms with Gasteiger partial charge in [0.15, 0.2) is 0 Å². The van der Waals surface area contributed by atoms with Crippen LogP contribution in [-0.4, -0.2) is 4.57 Å². The minimum Gasteiger partial charge on any atom is -0.455 e. The summed E-state index contributed by atoms with van der Waals surface area (Å²) in [6, 6.07) is 78.0. The quantitative estimate of drug-likeness (QED) is 0.173. The third-order valence-electron chi connectivity index (χ3n) is 13.3. The molecule has 0 aliphatic rings. The highest BCUT2D eigenvalue weighted by molar-refractivity contribution is 6.14. The Labute approximate surface area is 383 Å². The highest BCUT2D eigenvalue weighted by Crippen LogP contribution is 2.42. The molecule has 3 heterocycles. The maximum atomic E-state index is 6.53. The SMILES string of the molecule is Cc1ccccc1.Cc1ccccc1-c1cc(-c2ccc3c(c2)c2cc(-c4cccc5c4oc4ccccc45)ccc2n3-c2ccc(-c3cccc4c3oc3ccccc34)cc2)ccc1C. The fourth-order valence-corrected chi connectivity index (χ4v) is 9.89. The highest BCUT2D eigenvalue weighted by atomic mass is 16.3. The van der Waals surface area contributed by atoms with Crippen molar-refractivity contribution >= 4 is 65.7 Å². The highest BCUT2D eigenvalue weighted by Gasteiger charge is 2.19. The largest absolute Gasteiger partial charge is 0.455 e. The molecular formula is C63H45NO2. The zero-order chi connectivity index (χ0) is 44.3. The second-order valence-corrected chi connectivity index (χ2v) is 17.4. The lowest BCUT2D eigenvalue weighted by Gasteiger charge is -2.13. The summed E-state index contributed by atoms with van der Waals surface area (Å²) in [5, 5.41) is 6.92. The second kappa shape index (κ2) is 16.0. The molecule has 0 bridgehead atoms. The van der Waals surface area contributed by atoms with Gasteiger partial charge in [-0.05, 0) is 120 Å². The molecule has 0 spiro atoms. The number of para-hydroxylation sites is 4. The van der Waals surface area contributed by atoms with Crippen LogP contribution < -0.4 is 0 Å². The molecular weight excluding hydrogens is 803 g/mol. The summed E-state index contributed by atoms with van der Waals surface area (Å²) in [7, 11) is 0. The maximum Gasteiger partial charge on any atom is 0.143 e. The topological polar surface area (TPSA) is 31.2 Å². The number of benzene rings is 10. The summed E-state index contributed by atoms with van der Waals surface area (Å²) in [6.07, 6.45) is 0. The number of rotatable bonds is 5. The molecule has 3 nitrogen and oxygen atoms in total. The van der Waals surface area contributed by atoms with Gasteiger partial charge in [0.2, 0.25) is 0 Å². The Morgan fingerprint density at radius 3 is 1.39 bits per heavy atom. The third-order valence-corrected chi connectivity index (χ3v) is 13.3. The number of aryl methyl sites for hydroxylation is 3. The smallest absolute Gasteiger partial charge is 0.143 e. The lowest BCUT2D eigenvalue weighted by Crippen LogP contribution is -1.94. The van der Waals surface area contributed by atoms with Crippen molar-refractivity contribution in [3.63, 3.8) is 0 Å². The van der Waals surface area contributed by atoms with Crippen LogP contribution in [0.2, 0.25) is 0 Å². The van der Waals surface area contributed by atoms with Crippen LogP contribution in [0.5, 0.6) is 0 Å². The van der Waals surface area contributed by atoms with Gasteiger partial charge in [-0.15, -0.1) is 0 Å². The van der Waals surface area contributed by atoms with Gasteiger partial charge < -0.3 is 13.4 Å². The number of nitrogens with zero attached hydrogens (tertiary/aromatic N) is 1. The van der Waals surface area contributed by atoms with E-state index in [1.54, 1.807) is 0 Å². The molecule has 0 aliphatic carbocycles. The van der Waals surface area contributed by atoms with E-state index < -0.39 is 0 Å². The Balaban J connectivity index is 0.000000599. The summed E-state index contributed by atoms with van der Waals surface area (Å²) in [5.74, 6) is 0. The number of furan rings is 2. The van der Waals surface area contributed by atoms with Gasteiger partial charge >= 0.3 is 0 Å². The van der Waals surface area contributed by atoms with E-state index >= 15 is 0 Å². The predicted octanol–water partition coefficient (Wildman–Crippen LogP) is 17.9. The average molecular weight is 848 g/mol. The van der Waals surface area contributed by atoms with Crippen molar-refractivity contribution in [3.8, 4) is 50.2 Å². The van der Waals surface area contributed by atoms with E-state index in [1.807, 2.05) is 36.4 Å². The molecule has 13 rings (SSSR count). The molecule has 0 saturated carbocycles. The lowest BCUT2D eigenvalue weighted by atomic mass is 9.92. The Morgan fingerprint density at radius 2 is 0.773 bits per heavy atom. The van der Waals surface area contributed by atoms with Crippen LogP contribution in [0.25, 0.3) is 116 Å². The third kappa shape index (κ3) is 6.67. The molecule has 0 atom stereocenters. The van der Waals surface area contributed by atoms with Gasteiger partial charge in [0.25, 0.3) is 0 Å². The first-order chi connectivity index (χ1) is 32.5. The summed E-state index contributed by atoms with van der Waals surface area (Å²) in [6.45, 7) is 6.48. The number of hydrogen-bond acceptors (Lipinski definition) is 2. The summed E-state index contributed by atoms with van der Waals surface area (Å²) in [5.41, 5.74) is 20.2. The number of hydrogen-bond donors (Lipinski definition) is 0. The van der Waals surface area contributed by atoms with E-state index in [0.717, 1.165) is 82.9 Å². The molecule has 0 fully saturated rings. The van der Waals surface area contributed by atoms with E-state index in [0.29, 0.717) is 0 Å². The normalized spacial score (nSPS) is 11.6. The summed E-state index contributed by atoms with van der Waals surface area (Å²) < 4.78 is 15.4. The van der Waals surface area contributed by atoms with Crippen molar-refractivity contribution in [1.82, 2.24) is 4.57 Å². The van der Waals surface area contributed by atoms with Crippen LogP contribution in [0, 0.1) is 20.8 Å². The minimum absolute atomic E-state index is 0.903. The van der Waals surface area contributed by atoms with Gasteiger partial charge in [0.05, 0.1) is 11.0 Å². The van der Waals surface area contributed by atoms with Crippen LogP contribution in [0.3, 0.4) is 0 Å². The van der Waals surface area contributed by atoms with E-state index in [4.69, 9.17) is 8.83 Å². The summed E-state index contributed by atoms with van der Waals surface area (Å²) >= 11 is 0. The fourth-order valence-electron chi connectivity index (χ4n) is 9.89. The lowest BCUT2D eigenvalue weighted by molar-refractivity contribution is 0.669. The zero-order valence-corrected chi connectivity index (χ0v) is 37.0. The molecule has 0 radical (unpaired) electrons. The first-order valence-corrected chi connectivity index (χ1v) is 22.7. The first kappa shape index (κ1) is 39.2. The van der Waals surface area contributed by atoms with Crippen molar-refractivity contribution in [2.75, 3.05) is 0 Å². The van der Waals surface area contributed by atoms with Crippen molar-refractivity contribution in [2.45, 2.75) is 20.8 Å². The van der Waals surface area contributed by atoms with E-state index in [2.05, 4.69) is 207 Å². The van der Waals surface area contributed by atoms with Crippen LogP contribution >= 0.6 is 0 Å². The van der Waals surface area contributed by atoms with Crippen LogP contribution in [0.15, 0.2) is 227 Å². The molecule has 66 heavy (non-hydrogen) atoms. The van der Waals surface area contributed by atoms with Gasteiger partial charge in [-0.1, -0.05) is 169 Å². The van der Waals surface area contributed by atoms with Gasteiger partial charge in [-0.3, -0.25) is 0 Å². The Morgan fingerprint density at radius 1 is 0.303 bits per heavy atom. The van der Waals surface area contributed by atoms with Crippen molar-refractivity contribution < 1.29 is 8.83 Å². The molecule has 0 N–H and O–H groups in total. The van der Waals surface area contributed by atoms with Crippen LogP contribution in [0.1, 0.15) is 16.7 Å². The van der Waals surface area contributed by atoms with Crippen molar-refractivity contribution in [2.24, 2.45) is 0 Å². The molecule has 10 aromatic carbocycles. The Kier molecular flexibility index (Phi) is 9.50. The average Bonchev–Trinajstić information content (AvgIpc) is 4.04. The predicted molar refractivity (Wildman–Crippen MR) is 278 cm³/mol. The minimum atomic E-state index is 0.903. The van der Waals surface area contributed by atoms with Gasteiger partial charge in [-0.2, -0.15) is 0 Å². The number of aromatic nitrogens is 1. The Bertz CT molecular complexity index is 3960. The molecule has 3 aromatic heterocycles. The second-order valence-electron chi connectivity index (χ2n) is 17.4. The van der Waals surface area contributed by atoms with Gasteiger partial charge in [0.1, 0.15) is 22.3 Å². The summed E-state index contributed by atoms with van der Waals surface area (Å²) in [4.78, 5) is 0. The van der Waals surface area contributed by atoms with Crippen LogP contribution in [-0.2, 0) is 0 Å². The molecule has 0 amide bonds. The monoisotopic (exact) mass is 847 g/mol. The molecule has 0 aliphatic heterocycles. The molecule has 0 saturated heterocycles. The van der Waals surface area contributed by atoms with Crippen molar-refractivity contribution in [1.29, 1.82) is 0 Å².